The van der Waals surface area contributed by atoms with Crippen molar-refractivity contribution in [1.82, 2.24) is 0 Å². The number of aliphatic hydroxyl groups is 2. The first-order valence-electron chi connectivity index (χ1n) is 12.6. The summed E-state index contributed by atoms with van der Waals surface area (Å²) in [6.45, 7) is 9.53. The molecule has 4 rings (SSSR count). The molecule has 2 unspecified atom stereocenters. The van der Waals surface area contributed by atoms with E-state index in [-0.39, 0.29) is 36.3 Å². The van der Waals surface area contributed by atoms with E-state index in [0.717, 1.165) is 23.2 Å². The van der Waals surface area contributed by atoms with E-state index in [0.29, 0.717) is 16.9 Å². The molecule has 0 saturated carbocycles. The van der Waals surface area contributed by atoms with Gasteiger partial charge in [0, 0.05) is 17.0 Å². The summed E-state index contributed by atoms with van der Waals surface area (Å²) in [6.07, 6.45) is 5.28. The van der Waals surface area contributed by atoms with Gasteiger partial charge in [0.05, 0.1) is 12.1 Å². The lowest BCUT2D eigenvalue weighted by atomic mass is 9.98. The van der Waals surface area contributed by atoms with Gasteiger partial charge in [0.25, 0.3) is 5.24 Å². The number of benzene rings is 3. The normalized spacial score (nSPS) is 16.2. The summed E-state index contributed by atoms with van der Waals surface area (Å²) in [5.74, 6) is 0.812. The van der Waals surface area contributed by atoms with Gasteiger partial charge in [0.1, 0.15) is 11.5 Å². The van der Waals surface area contributed by atoms with E-state index in [4.69, 9.17) is 0 Å². The monoisotopic (exact) mass is 545 g/mol. The molecule has 1 fully saturated rings. The van der Waals surface area contributed by atoms with Crippen LogP contribution in [0.25, 0.3) is 5.57 Å². The van der Waals surface area contributed by atoms with Crippen LogP contribution >= 0.6 is 11.8 Å². The summed E-state index contributed by atoms with van der Waals surface area (Å²) in [4.78, 5) is 14.1. The Labute approximate surface area is 236 Å². The first-order chi connectivity index (χ1) is 18.3. The number of aromatic hydroxyl groups is 1. The zero-order chi connectivity index (χ0) is 27.7. The number of nitrogens with zero attached hydrogens (tertiary/aromatic N) is 1. The Kier molecular flexibility index (Phi) is 12.1. The average Bonchev–Trinajstić information content (AvgIpc) is 3.33. The van der Waals surface area contributed by atoms with E-state index in [2.05, 4.69) is 6.58 Å². The third-order valence-corrected chi connectivity index (χ3v) is 7.22. The van der Waals surface area contributed by atoms with Gasteiger partial charge in [-0.25, -0.2) is 0 Å². The minimum atomic E-state index is -0.296. The van der Waals surface area contributed by atoms with Crippen molar-refractivity contribution in [2.24, 2.45) is 0 Å². The minimum absolute atomic E-state index is 0. The number of amides is 1. The minimum Gasteiger partial charge on any atom is -0.508 e. The van der Waals surface area contributed by atoms with Crippen molar-refractivity contribution >= 4 is 28.3 Å². The molecule has 1 aliphatic heterocycles. The predicted molar refractivity (Wildman–Crippen MR) is 165 cm³/mol. The zero-order valence-corrected chi connectivity index (χ0v) is 22.9. The van der Waals surface area contributed by atoms with Gasteiger partial charge >= 0.3 is 0 Å². The Morgan fingerprint density at radius 3 is 2.36 bits per heavy atom. The van der Waals surface area contributed by atoms with Crippen LogP contribution in [0.4, 0.5) is 10.5 Å². The summed E-state index contributed by atoms with van der Waals surface area (Å²) in [5.41, 5.74) is 5.19. The zero-order valence-electron chi connectivity index (χ0n) is 22.0. The van der Waals surface area contributed by atoms with Gasteiger partial charge < -0.3 is 15.3 Å². The van der Waals surface area contributed by atoms with Gasteiger partial charge in [-0.1, -0.05) is 98.9 Å². The largest absolute Gasteiger partial charge is 0.508 e. The number of allylic oxidation sites excluding steroid dienone is 4. The van der Waals surface area contributed by atoms with E-state index in [1.54, 1.807) is 36.1 Å². The second kappa shape index (κ2) is 15.0. The highest BCUT2D eigenvalue weighted by molar-refractivity contribution is 8.14. The maximum absolute atomic E-state index is 12.4. The fraction of sp³-hybridized carbons (Fsp3) is 0.242. The summed E-state index contributed by atoms with van der Waals surface area (Å²) in [6, 6.07) is 22.6. The molecule has 0 aliphatic carbocycles. The SMILES string of the molecule is C.C=C/C(=C\C(O)=C/C)c1ccc(C2CSC(=O)N2c2ccccc2)c(O)c1.CCC(O)c1ccc(C)cc1. The van der Waals surface area contributed by atoms with Crippen LogP contribution in [0.15, 0.2) is 103 Å². The Morgan fingerprint density at radius 2 is 1.79 bits per heavy atom. The lowest BCUT2D eigenvalue weighted by Gasteiger charge is -2.25. The number of rotatable bonds is 7. The van der Waals surface area contributed by atoms with Crippen LogP contribution < -0.4 is 4.90 Å². The van der Waals surface area contributed by atoms with Crippen molar-refractivity contribution in [2.45, 2.75) is 46.8 Å². The van der Waals surface area contributed by atoms with Crippen LogP contribution in [0.5, 0.6) is 5.75 Å². The van der Waals surface area contributed by atoms with Crippen molar-refractivity contribution < 1.29 is 20.1 Å². The number of thioether (sulfide) groups is 1. The number of aryl methyl sites for hydroxylation is 1. The number of anilines is 1. The molecular formula is C33H39NO4S. The molecule has 1 saturated heterocycles. The van der Waals surface area contributed by atoms with Gasteiger partial charge in [-0.2, -0.15) is 0 Å². The summed E-state index contributed by atoms with van der Waals surface area (Å²) in [7, 11) is 0. The molecule has 0 bridgehead atoms. The van der Waals surface area contributed by atoms with Gasteiger partial charge in [0.2, 0.25) is 0 Å². The molecular weight excluding hydrogens is 506 g/mol. The summed E-state index contributed by atoms with van der Waals surface area (Å²) < 4.78 is 0. The average molecular weight is 546 g/mol. The maximum Gasteiger partial charge on any atom is 0.286 e. The molecule has 3 aromatic rings. The number of hydrogen-bond donors (Lipinski definition) is 3. The number of carbonyl (C=O) groups is 1. The summed E-state index contributed by atoms with van der Waals surface area (Å²) >= 11 is 1.25. The highest BCUT2D eigenvalue weighted by atomic mass is 32.2. The molecule has 1 aliphatic rings. The number of phenols is 1. The Balaban J connectivity index is 0.000000375. The fourth-order valence-corrected chi connectivity index (χ4v) is 5.06. The molecule has 0 spiro atoms. The van der Waals surface area contributed by atoms with Crippen LogP contribution in [0.1, 0.15) is 62.1 Å². The molecule has 0 radical (unpaired) electrons. The number of para-hydroxylation sites is 1. The van der Waals surface area contributed by atoms with Crippen molar-refractivity contribution in [3.05, 3.63) is 126 Å². The maximum atomic E-state index is 12.4. The standard InChI is InChI=1S/C22H21NO3S.C10H14O.CH4/c1-3-15(12-18(24)4-2)16-10-11-19(21(25)13-16)20-14-27-22(26)23(20)17-8-6-5-7-9-17;1-3-10(11)9-6-4-8(2)5-7-9;/h3-13,20,24-25H,1,14H2,2H3;4-7,10-11H,3H2,1-2H3;1H4/b15-12+,18-4+;;. The predicted octanol–water partition coefficient (Wildman–Crippen LogP) is 8.91. The number of hydrogen-bond acceptors (Lipinski definition) is 5. The van der Waals surface area contributed by atoms with E-state index < -0.39 is 0 Å². The number of aliphatic hydroxyl groups excluding tert-OH is 2. The second-order valence-corrected chi connectivity index (χ2v) is 9.90. The van der Waals surface area contributed by atoms with Gasteiger partial charge in [-0.05, 0) is 67.3 Å². The third kappa shape index (κ3) is 8.12. The van der Waals surface area contributed by atoms with Crippen molar-refractivity contribution in [1.29, 1.82) is 0 Å². The Bertz CT molecular complexity index is 1300. The first-order valence-corrected chi connectivity index (χ1v) is 13.6. The lowest BCUT2D eigenvalue weighted by molar-refractivity contribution is 0.173. The topological polar surface area (TPSA) is 81.0 Å². The molecule has 6 heteroatoms. The van der Waals surface area contributed by atoms with Crippen molar-refractivity contribution in [2.75, 3.05) is 10.7 Å². The van der Waals surface area contributed by atoms with Gasteiger partial charge in [-0.15, -0.1) is 0 Å². The van der Waals surface area contributed by atoms with Crippen molar-refractivity contribution in [3.8, 4) is 5.75 Å². The molecule has 3 aromatic carbocycles. The van der Waals surface area contributed by atoms with E-state index in [9.17, 15) is 20.1 Å². The van der Waals surface area contributed by atoms with Crippen LogP contribution in [-0.4, -0.2) is 26.3 Å². The Morgan fingerprint density at radius 1 is 1.13 bits per heavy atom. The van der Waals surface area contributed by atoms with E-state index in [1.807, 2.05) is 80.6 Å². The fourth-order valence-electron chi connectivity index (χ4n) is 4.06. The quantitative estimate of drug-likeness (QED) is 0.204. The lowest BCUT2D eigenvalue weighted by Crippen LogP contribution is -2.26. The molecule has 206 valence electrons. The van der Waals surface area contributed by atoms with Crippen LogP contribution in [-0.2, 0) is 0 Å². The van der Waals surface area contributed by atoms with E-state index >= 15 is 0 Å². The smallest absolute Gasteiger partial charge is 0.286 e. The third-order valence-electron chi connectivity index (χ3n) is 6.30. The number of carbonyl (C=O) groups excluding carboxylic acids is 1. The van der Waals surface area contributed by atoms with Gasteiger partial charge in [0.15, 0.2) is 0 Å². The molecule has 1 amide bonds. The number of phenolic OH excluding ortho intramolecular Hbond substituents is 1. The second-order valence-electron chi connectivity index (χ2n) is 8.92. The van der Waals surface area contributed by atoms with Crippen molar-refractivity contribution in [3.63, 3.8) is 0 Å². The summed E-state index contributed by atoms with van der Waals surface area (Å²) in [5, 5.41) is 29.8. The van der Waals surface area contributed by atoms with Gasteiger partial charge in [-0.3, -0.25) is 9.69 Å². The molecule has 39 heavy (non-hydrogen) atoms. The molecule has 2 atom stereocenters. The molecule has 1 heterocycles. The highest BCUT2D eigenvalue weighted by Crippen LogP contribution is 2.42. The molecule has 5 nitrogen and oxygen atoms in total. The van der Waals surface area contributed by atoms with Crippen LogP contribution in [0.2, 0.25) is 0 Å². The van der Waals surface area contributed by atoms with Crippen LogP contribution in [0, 0.1) is 6.92 Å². The van der Waals surface area contributed by atoms with Crippen LogP contribution in [0.3, 0.4) is 0 Å². The highest BCUT2D eigenvalue weighted by Gasteiger charge is 2.35. The molecule has 3 N–H and O–H groups in total. The Hall–Kier alpha value is -3.74. The molecule has 0 aromatic heterocycles. The van der Waals surface area contributed by atoms with E-state index in [1.165, 1.54) is 17.3 Å². The first kappa shape index (κ1) is 31.5.